The number of H-pyrrole nitrogens is 1. The Morgan fingerprint density at radius 3 is 2.68 bits per heavy atom. The molecule has 0 amide bonds. The Kier molecular flexibility index (Phi) is 6.81. The number of piperazine rings is 1. The number of nitrogens with zero attached hydrogens (tertiary/aromatic N) is 4. The third-order valence-corrected chi connectivity index (χ3v) is 7.75. The Hall–Kier alpha value is -3.77. The van der Waals surface area contributed by atoms with Crippen LogP contribution in [0.1, 0.15) is 36.3 Å². The normalized spacial score (nSPS) is 18.8. The van der Waals surface area contributed by atoms with Crippen molar-refractivity contribution in [3.63, 3.8) is 0 Å². The lowest BCUT2D eigenvalue weighted by Crippen LogP contribution is -2.49. The summed E-state index contributed by atoms with van der Waals surface area (Å²) in [7, 11) is 2.23. The number of imidazole rings is 1. The zero-order chi connectivity index (χ0) is 26.1. The molecule has 196 valence electrons. The Morgan fingerprint density at radius 2 is 1.84 bits per heavy atom. The van der Waals surface area contributed by atoms with Crippen molar-refractivity contribution < 1.29 is 4.74 Å². The van der Waals surface area contributed by atoms with Gasteiger partial charge in [0.2, 0.25) is 0 Å². The molecule has 4 aromatic rings. The molecule has 6 rings (SSSR count). The molecule has 0 aliphatic carbocycles. The van der Waals surface area contributed by atoms with Gasteiger partial charge in [0.05, 0.1) is 23.6 Å². The van der Waals surface area contributed by atoms with Crippen molar-refractivity contribution in [3.05, 3.63) is 95.6 Å². The highest BCUT2D eigenvalue weighted by Crippen LogP contribution is 2.35. The average molecular weight is 508 g/mol. The summed E-state index contributed by atoms with van der Waals surface area (Å²) in [5.74, 6) is 3.25. The molecule has 0 spiro atoms. The second-order valence-corrected chi connectivity index (χ2v) is 10.5. The lowest BCUT2D eigenvalue weighted by molar-refractivity contribution is 0.0793. The lowest BCUT2D eigenvalue weighted by Gasteiger charge is -2.46. The van der Waals surface area contributed by atoms with E-state index >= 15 is 0 Å². The van der Waals surface area contributed by atoms with E-state index in [1.165, 1.54) is 28.1 Å². The highest BCUT2D eigenvalue weighted by molar-refractivity contribution is 5.82. The minimum Gasteiger partial charge on any atom is -0.491 e. The van der Waals surface area contributed by atoms with E-state index < -0.39 is 0 Å². The summed E-state index contributed by atoms with van der Waals surface area (Å²) in [6.07, 6.45) is 3.40. The Labute approximate surface area is 225 Å². The van der Waals surface area contributed by atoms with E-state index in [0.717, 1.165) is 61.8 Å². The van der Waals surface area contributed by atoms with E-state index in [0.29, 0.717) is 12.6 Å². The van der Waals surface area contributed by atoms with Crippen LogP contribution in [-0.2, 0) is 6.54 Å². The number of rotatable bonds is 5. The van der Waals surface area contributed by atoms with Gasteiger partial charge in [-0.15, -0.1) is 0 Å². The number of hydrogen-bond acceptors (Lipinski definition) is 5. The first kappa shape index (κ1) is 24.6. The second kappa shape index (κ2) is 10.5. The fourth-order valence-corrected chi connectivity index (χ4v) is 5.85. The number of aromatic nitrogens is 2. The van der Waals surface area contributed by atoms with Crippen molar-refractivity contribution in [2.45, 2.75) is 32.9 Å². The average Bonchev–Trinajstić information content (AvgIpc) is 3.18. The summed E-state index contributed by atoms with van der Waals surface area (Å²) < 4.78 is 6.28. The Bertz CT molecular complexity index is 1440. The van der Waals surface area contributed by atoms with Crippen molar-refractivity contribution in [1.29, 1.82) is 0 Å². The van der Waals surface area contributed by atoms with Gasteiger partial charge in [0, 0.05) is 31.7 Å². The highest BCUT2D eigenvalue weighted by Gasteiger charge is 2.31. The van der Waals surface area contributed by atoms with Crippen LogP contribution in [0.3, 0.4) is 0 Å². The molecule has 2 aliphatic heterocycles. The van der Waals surface area contributed by atoms with Crippen LogP contribution in [0, 0.1) is 6.92 Å². The molecule has 3 aromatic carbocycles. The van der Waals surface area contributed by atoms with E-state index in [9.17, 15) is 0 Å². The molecule has 38 heavy (non-hydrogen) atoms. The van der Waals surface area contributed by atoms with Gasteiger partial charge in [-0.2, -0.15) is 0 Å². The second-order valence-electron chi connectivity index (χ2n) is 10.5. The van der Waals surface area contributed by atoms with E-state index in [-0.39, 0.29) is 0 Å². The smallest absolute Gasteiger partial charge is 0.124 e. The predicted molar refractivity (Wildman–Crippen MR) is 154 cm³/mol. The van der Waals surface area contributed by atoms with Crippen LogP contribution in [0.4, 0.5) is 0 Å². The quantitative estimate of drug-likeness (QED) is 0.361. The van der Waals surface area contributed by atoms with Gasteiger partial charge in [-0.25, -0.2) is 4.98 Å². The molecular weight excluding hydrogens is 470 g/mol. The van der Waals surface area contributed by atoms with E-state index in [1.807, 2.05) is 6.92 Å². The van der Waals surface area contributed by atoms with Gasteiger partial charge in [0.15, 0.2) is 0 Å². The van der Waals surface area contributed by atoms with Gasteiger partial charge in [0.1, 0.15) is 24.0 Å². The van der Waals surface area contributed by atoms with Crippen molar-refractivity contribution in [3.8, 4) is 16.9 Å². The van der Waals surface area contributed by atoms with Crippen LogP contribution in [0.25, 0.3) is 22.2 Å². The number of ether oxygens (including phenoxy) is 1. The summed E-state index contributed by atoms with van der Waals surface area (Å²) >= 11 is 0. The standard InChI is InChI=1S/C32H37N5O/c1-4-8-32(37-16-15-35(3)22-30(37)24-9-6-5-7-10-24)36-17-18-38-31-14-12-25(19-27(31)21-36)26-11-13-28-29(20-26)34-23(2)33-28/h5-14,19-20,30H,4,15-18,21-22H2,1-3H3,(H,33,34)/b32-8+. The zero-order valence-corrected chi connectivity index (χ0v) is 22.7. The number of aryl methyl sites for hydroxylation is 1. The molecule has 2 aliphatic rings. The van der Waals surface area contributed by atoms with Crippen LogP contribution in [0.5, 0.6) is 5.75 Å². The highest BCUT2D eigenvalue weighted by atomic mass is 16.5. The van der Waals surface area contributed by atoms with Crippen molar-refractivity contribution in [2.75, 3.05) is 39.8 Å². The first-order valence-corrected chi connectivity index (χ1v) is 13.8. The molecule has 0 radical (unpaired) electrons. The number of hydrogen-bond donors (Lipinski definition) is 1. The minimum atomic E-state index is 0.326. The third kappa shape index (κ3) is 4.88. The summed E-state index contributed by atoms with van der Waals surface area (Å²) in [6, 6.07) is 24.4. The number of fused-ring (bicyclic) bond motifs is 2. The molecule has 6 nitrogen and oxygen atoms in total. The first-order valence-electron chi connectivity index (χ1n) is 13.8. The summed E-state index contributed by atoms with van der Waals surface area (Å²) in [5, 5.41) is 0. The monoisotopic (exact) mass is 507 g/mol. The number of nitrogens with one attached hydrogen (secondary N) is 1. The molecular formula is C32H37N5O. The number of likely N-dealkylation sites (N-methyl/N-ethyl adjacent to an activating group) is 1. The lowest BCUT2D eigenvalue weighted by atomic mass is 10.0. The maximum atomic E-state index is 6.28. The Balaban J connectivity index is 1.32. The summed E-state index contributed by atoms with van der Waals surface area (Å²) in [6.45, 7) is 9.69. The SMILES string of the molecule is CC/C=C(\N1CCOc2ccc(-c3ccc4nc(C)[nH]c4c3)cc2C1)N1CCN(C)CC1c1ccccc1. The fraction of sp³-hybridized carbons (Fsp3) is 0.344. The van der Waals surface area contributed by atoms with Crippen molar-refractivity contribution >= 4 is 11.0 Å². The van der Waals surface area contributed by atoms with Crippen molar-refractivity contribution in [1.82, 2.24) is 24.7 Å². The van der Waals surface area contributed by atoms with E-state index in [1.54, 1.807) is 0 Å². The number of allylic oxidation sites excluding steroid dienone is 1. The van der Waals surface area contributed by atoms with Crippen LogP contribution < -0.4 is 4.74 Å². The molecule has 1 saturated heterocycles. The predicted octanol–water partition coefficient (Wildman–Crippen LogP) is 5.97. The van der Waals surface area contributed by atoms with E-state index in [2.05, 4.69) is 111 Å². The molecule has 1 N–H and O–H groups in total. The Morgan fingerprint density at radius 1 is 1.03 bits per heavy atom. The topological polar surface area (TPSA) is 47.6 Å². The zero-order valence-electron chi connectivity index (χ0n) is 22.7. The molecule has 0 bridgehead atoms. The first-order chi connectivity index (χ1) is 18.6. The van der Waals surface area contributed by atoms with Gasteiger partial charge in [0.25, 0.3) is 0 Å². The summed E-state index contributed by atoms with van der Waals surface area (Å²) in [5.41, 5.74) is 7.07. The number of aromatic amines is 1. The summed E-state index contributed by atoms with van der Waals surface area (Å²) in [4.78, 5) is 15.5. The molecule has 0 saturated carbocycles. The van der Waals surface area contributed by atoms with E-state index in [4.69, 9.17) is 4.74 Å². The van der Waals surface area contributed by atoms with Gasteiger partial charge in [-0.05, 0) is 67.4 Å². The third-order valence-electron chi connectivity index (χ3n) is 7.75. The van der Waals surface area contributed by atoms with Gasteiger partial charge in [-0.1, -0.05) is 49.4 Å². The molecule has 6 heteroatoms. The van der Waals surface area contributed by atoms with Gasteiger partial charge >= 0.3 is 0 Å². The maximum Gasteiger partial charge on any atom is 0.124 e. The van der Waals surface area contributed by atoms with Crippen LogP contribution in [0.15, 0.2) is 78.6 Å². The van der Waals surface area contributed by atoms with Crippen LogP contribution >= 0.6 is 0 Å². The number of benzene rings is 3. The largest absolute Gasteiger partial charge is 0.491 e. The molecule has 1 aromatic heterocycles. The van der Waals surface area contributed by atoms with Crippen LogP contribution in [-0.4, -0.2) is 64.5 Å². The minimum absolute atomic E-state index is 0.326. The van der Waals surface area contributed by atoms with Crippen LogP contribution in [0.2, 0.25) is 0 Å². The fourth-order valence-electron chi connectivity index (χ4n) is 5.85. The molecule has 1 atom stereocenters. The van der Waals surface area contributed by atoms with Gasteiger partial charge < -0.3 is 24.4 Å². The maximum absolute atomic E-state index is 6.28. The molecule has 1 unspecified atom stereocenters. The van der Waals surface area contributed by atoms with Gasteiger partial charge in [-0.3, -0.25) is 0 Å². The van der Waals surface area contributed by atoms with Crippen molar-refractivity contribution in [2.24, 2.45) is 0 Å². The molecule has 3 heterocycles. The molecule has 1 fully saturated rings.